The van der Waals surface area contributed by atoms with E-state index in [1.54, 1.807) is 36.8 Å². The molecule has 2 heterocycles. The number of carboxylic acid groups (broad SMARTS) is 1. The number of hydrogen-bond acceptors (Lipinski definition) is 6. The zero-order chi connectivity index (χ0) is 13.9. The predicted octanol–water partition coefficient (Wildman–Crippen LogP) is 2.62. The molecule has 0 radical (unpaired) electrons. The van der Waals surface area contributed by atoms with Crippen LogP contribution in [0, 0.1) is 0 Å². The van der Waals surface area contributed by atoms with Gasteiger partial charge in [0.2, 0.25) is 0 Å². The van der Waals surface area contributed by atoms with E-state index in [2.05, 4.69) is 15.3 Å². The van der Waals surface area contributed by atoms with Crippen molar-refractivity contribution in [2.24, 2.45) is 0 Å². The van der Waals surface area contributed by atoms with E-state index in [0.29, 0.717) is 5.69 Å². The Morgan fingerprint density at radius 3 is 2.89 bits per heavy atom. The zero-order valence-electron chi connectivity index (χ0n) is 10.7. The Hall–Kier alpha value is -1.47. The molecule has 2 rings (SSSR count). The first-order valence-electron chi connectivity index (χ1n) is 5.82. The van der Waals surface area contributed by atoms with Crippen LogP contribution in [0.4, 0.5) is 5.13 Å². The van der Waals surface area contributed by atoms with Crippen molar-refractivity contribution in [2.45, 2.75) is 25.7 Å². The molecule has 0 unspecified atom stereocenters. The summed E-state index contributed by atoms with van der Waals surface area (Å²) in [7, 11) is 0. The van der Waals surface area contributed by atoms with Crippen LogP contribution in [0.1, 0.15) is 24.5 Å². The Bertz CT molecular complexity index is 549. The molecule has 2 aromatic heterocycles. The van der Waals surface area contributed by atoms with E-state index in [9.17, 15) is 4.79 Å². The normalized spacial score (nSPS) is 11.5. The summed E-state index contributed by atoms with van der Waals surface area (Å²) >= 11 is 3.05. The van der Waals surface area contributed by atoms with Gasteiger partial charge in [-0.2, -0.15) is 0 Å². The molecule has 0 amide bonds. The van der Waals surface area contributed by atoms with Gasteiger partial charge in [-0.25, -0.2) is 9.97 Å². The lowest BCUT2D eigenvalue weighted by Crippen LogP contribution is -2.28. The summed E-state index contributed by atoms with van der Waals surface area (Å²) in [4.78, 5) is 19.7. The van der Waals surface area contributed by atoms with Crippen LogP contribution in [-0.2, 0) is 16.6 Å². The van der Waals surface area contributed by atoms with Crippen molar-refractivity contribution in [1.29, 1.82) is 0 Å². The van der Waals surface area contributed by atoms with E-state index in [-0.39, 0.29) is 0 Å². The fourth-order valence-corrected chi connectivity index (χ4v) is 2.93. The maximum atomic E-state index is 11.1. The van der Waals surface area contributed by atoms with Crippen LogP contribution < -0.4 is 5.32 Å². The highest BCUT2D eigenvalue weighted by atomic mass is 32.1. The second-order valence-corrected chi connectivity index (χ2v) is 6.41. The Morgan fingerprint density at radius 1 is 1.47 bits per heavy atom. The molecule has 0 aromatic carbocycles. The van der Waals surface area contributed by atoms with Gasteiger partial charge in [-0.3, -0.25) is 4.79 Å². The third kappa shape index (κ3) is 3.30. The topological polar surface area (TPSA) is 75.1 Å². The standard InChI is InChI=1S/C12H15N3O2S2/c1-12(2,10(16)17)8-7-19-11(15-8)14-4-3-9-13-5-6-18-9/h5-7H,3-4H2,1-2H3,(H,14,15)(H,16,17). The quantitative estimate of drug-likeness (QED) is 0.857. The molecule has 102 valence electrons. The molecule has 0 fully saturated rings. The molecule has 0 aliphatic heterocycles. The third-order valence-corrected chi connectivity index (χ3v) is 4.42. The molecule has 7 heteroatoms. The lowest BCUT2D eigenvalue weighted by Gasteiger charge is -2.15. The molecular formula is C12H15N3O2S2. The van der Waals surface area contributed by atoms with Gasteiger partial charge >= 0.3 is 5.97 Å². The fraction of sp³-hybridized carbons (Fsp3) is 0.417. The average molecular weight is 297 g/mol. The van der Waals surface area contributed by atoms with E-state index < -0.39 is 11.4 Å². The monoisotopic (exact) mass is 297 g/mol. The molecule has 19 heavy (non-hydrogen) atoms. The Morgan fingerprint density at radius 2 is 2.26 bits per heavy atom. The molecule has 0 aliphatic carbocycles. The molecule has 0 saturated heterocycles. The number of anilines is 1. The second-order valence-electron chi connectivity index (χ2n) is 4.57. The molecule has 2 aromatic rings. The van der Waals surface area contributed by atoms with Crippen molar-refractivity contribution in [3.63, 3.8) is 0 Å². The first kappa shape index (κ1) is 14.0. The summed E-state index contributed by atoms with van der Waals surface area (Å²) in [5.74, 6) is -0.868. The van der Waals surface area contributed by atoms with E-state index in [1.165, 1.54) is 11.3 Å². The second kappa shape index (κ2) is 5.66. The number of nitrogens with one attached hydrogen (secondary N) is 1. The predicted molar refractivity (Wildman–Crippen MR) is 77.1 cm³/mol. The number of aliphatic carboxylic acids is 1. The minimum absolute atomic E-state index is 0.585. The zero-order valence-corrected chi connectivity index (χ0v) is 12.3. The van der Waals surface area contributed by atoms with Crippen molar-refractivity contribution in [2.75, 3.05) is 11.9 Å². The first-order valence-corrected chi connectivity index (χ1v) is 7.57. The average Bonchev–Trinajstić information content (AvgIpc) is 2.99. The van der Waals surface area contributed by atoms with Gasteiger partial charge in [0.15, 0.2) is 5.13 Å². The van der Waals surface area contributed by atoms with Crippen LogP contribution in [0.15, 0.2) is 17.0 Å². The molecule has 0 bridgehead atoms. The van der Waals surface area contributed by atoms with E-state index in [1.807, 2.05) is 5.38 Å². The van der Waals surface area contributed by atoms with Crippen LogP contribution in [0.2, 0.25) is 0 Å². The van der Waals surface area contributed by atoms with Crippen molar-refractivity contribution < 1.29 is 9.90 Å². The fourth-order valence-electron chi connectivity index (χ4n) is 1.40. The summed E-state index contributed by atoms with van der Waals surface area (Å²) < 4.78 is 0. The molecule has 0 atom stereocenters. The van der Waals surface area contributed by atoms with Gasteiger partial charge in [0.1, 0.15) is 5.41 Å². The van der Waals surface area contributed by atoms with Crippen LogP contribution >= 0.6 is 22.7 Å². The van der Waals surface area contributed by atoms with Crippen molar-refractivity contribution in [1.82, 2.24) is 9.97 Å². The summed E-state index contributed by atoms with van der Waals surface area (Å²) in [5.41, 5.74) is -0.368. The number of carbonyl (C=O) groups is 1. The number of nitrogens with zero attached hydrogens (tertiary/aromatic N) is 2. The summed E-state index contributed by atoms with van der Waals surface area (Å²) in [6.45, 7) is 4.06. The molecule has 2 N–H and O–H groups in total. The van der Waals surface area contributed by atoms with Gasteiger partial charge in [-0.15, -0.1) is 22.7 Å². The van der Waals surface area contributed by atoms with Gasteiger partial charge in [0, 0.05) is 29.9 Å². The maximum Gasteiger partial charge on any atom is 0.315 e. The number of hydrogen-bond donors (Lipinski definition) is 2. The Balaban J connectivity index is 1.92. The maximum absolute atomic E-state index is 11.1. The van der Waals surface area contributed by atoms with Gasteiger partial charge in [-0.1, -0.05) is 0 Å². The highest BCUT2D eigenvalue weighted by molar-refractivity contribution is 7.13. The number of aromatic nitrogens is 2. The Kier molecular flexibility index (Phi) is 4.16. The molecule has 5 nitrogen and oxygen atoms in total. The van der Waals surface area contributed by atoms with Gasteiger partial charge < -0.3 is 10.4 Å². The van der Waals surface area contributed by atoms with E-state index >= 15 is 0 Å². The van der Waals surface area contributed by atoms with Gasteiger partial charge in [0.05, 0.1) is 10.7 Å². The lowest BCUT2D eigenvalue weighted by atomic mass is 9.90. The smallest absolute Gasteiger partial charge is 0.315 e. The number of thiazole rings is 2. The number of carboxylic acids is 1. The largest absolute Gasteiger partial charge is 0.481 e. The van der Waals surface area contributed by atoms with E-state index in [4.69, 9.17) is 5.11 Å². The van der Waals surface area contributed by atoms with E-state index in [0.717, 1.165) is 23.1 Å². The SMILES string of the molecule is CC(C)(C(=O)O)c1csc(NCCc2nccs2)n1. The van der Waals surface area contributed by atoms with Gasteiger partial charge in [-0.05, 0) is 13.8 Å². The molecule has 0 aliphatic rings. The minimum atomic E-state index is -0.953. The minimum Gasteiger partial charge on any atom is -0.481 e. The van der Waals surface area contributed by atoms with Crippen LogP contribution in [0.25, 0.3) is 0 Å². The van der Waals surface area contributed by atoms with Crippen LogP contribution in [0.3, 0.4) is 0 Å². The molecule has 0 spiro atoms. The van der Waals surface area contributed by atoms with Crippen molar-refractivity contribution in [3.05, 3.63) is 27.7 Å². The first-order chi connectivity index (χ1) is 9.00. The van der Waals surface area contributed by atoms with Crippen LogP contribution in [0.5, 0.6) is 0 Å². The Labute approximate surface area is 119 Å². The summed E-state index contributed by atoms with van der Waals surface area (Å²) in [6, 6.07) is 0. The summed E-state index contributed by atoms with van der Waals surface area (Å²) in [6.07, 6.45) is 2.63. The van der Waals surface area contributed by atoms with Crippen LogP contribution in [-0.4, -0.2) is 27.6 Å². The molecule has 0 saturated carbocycles. The van der Waals surface area contributed by atoms with Gasteiger partial charge in [0.25, 0.3) is 0 Å². The lowest BCUT2D eigenvalue weighted by molar-refractivity contribution is -0.142. The van der Waals surface area contributed by atoms with Crippen molar-refractivity contribution >= 4 is 33.8 Å². The summed E-state index contributed by atoms with van der Waals surface area (Å²) in [5, 5.41) is 17.9. The highest BCUT2D eigenvalue weighted by Gasteiger charge is 2.32. The third-order valence-electron chi connectivity index (χ3n) is 2.78. The highest BCUT2D eigenvalue weighted by Crippen LogP contribution is 2.27. The molecular weight excluding hydrogens is 282 g/mol. The van der Waals surface area contributed by atoms with Crippen molar-refractivity contribution in [3.8, 4) is 0 Å². The number of rotatable bonds is 6.